The van der Waals surface area contributed by atoms with Gasteiger partial charge in [0.25, 0.3) is 0 Å². The highest BCUT2D eigenvalue weighted by Crippen LogP contribution is 2.09. The first-order chi connectivity index (χ1) is 10.8. The zero-order valence-electron chi connectivity index (χ0n) is 12.2. The third-order valence-electron chi connectivity index (χ3n) is 3.40. The largest absolute Gasteiger partial charge is 0.464 e. The van der Waals surface area contributed by atoms with Crippen molar-refractivity contribution in [3.05, 3.63) is 35.9 Å². The van der Waals surface area contributed by atoms with Crippen LogP contribution in [0.2, 0.25) is 0 Å². The number of pyridine rings is 1. The van der Waals surface area contributed by atoms with Crippen LogP contribution < -0.4 is 5.32 Å². The van der Waals surface area contributed by atoms with Crippen LogP contribution in [0.25, 0.3) is 5.69 Å². The minimum Gasteiger partial charge on any atom is -0.464 e. The number of esters is 1. The van der Waals surface area contributed by atoms with Gasteiger partial charge in [0.05, 0.1) is 44.1 Å². The van der Waals surface area contributed by atoms with Gasteiger partial charge in [-0.2, -0.15) is 0 Å². The van der Waals surface area contributed by atoms with Crippen molar-refractivity contribution in [2.24, 2.45) is 0 Å². The molecule has 0 aromatic carbocycles. The van der Waals surface area contributed by atoms with Crippen molar-refractivity contribution < 1.29 is 14.3 Å². The second-order valence-electron chi connectivity index (χ2n) is 4.98. The van der Waals surface area contributed by atoms with Crippen LogP contribution in [0.1, 0.15) is 16.2 Å². The minimum absolute atomic E-state index is 0.259. The fourth-order valence-corrected chi connectivity index (χ4v) is 2.27. The summed E-state index contributed by atoms with van der Waals surface area (Å²) in [4.78, 5) is 15.4. The summed E-state index contributed by atoms with van der Waals surface area (Å²) in [6.45, 7) is 2.29. The van der Waals surface area contributed by atoms with Crippen molar-refractivity contribution in [2.75, 3.05) is 26.9 Å². The molecule has 3 heterocycles. The Kier molecular flexibility index (Phi) is 4.40. The summed E-state index contributed by atoms with van der Waals surface area (Å²) in [7, 11) is 1.32. The number of morpholine rings is 1. The van der Waals surface area contributed by atoms with Crippen LogP contribution in [0.4, 0.5) is 0 Å². The Hall–Kier alpha value is -2.32. The molecular formula is C14H17N5O3. The highest BCUT2D eigenvalue weighted by Gasteiger charge is 2.15. The van der Waals surface area contributed by atoms with Crippen LogP contribution >= 0.6 is 0 Å². The van der Waals surface area contributed by atoms with E-state index in [4.69, 9.17) is 4.74 Å². The van der Waals surface area contributed by atoms with E-state index in [-0.39, 0.29) is 11.7 Å². The van der Waals surface area contributed by atoms with Crippen LogP contribution in [-0.4, -0.2) is 58.9 Å². The number of hydrogen-bond acceptors (Lipinski definition) is 7. The van der Waals surface area contributed by atoms with E-state index < -0.39 is 5.97 Å². The normalized spacial score (nSPS) is 18.1. The molecule has 22 heavy (non-hydrogen) atoms. The maximum Gasteiger partial charge on any atom is 0.356 e. The molecule has 0 radical (unpaired) electrons. The zero-order valence-corrected chi connectivity index (χ0v) is 12.2. The predicted octanol–water partition coefficient (Wildman–Crippen LogP) is -0.0202. The number of ether oxygens (including phenoxy) is 2. The zero-order chi connectivity index (χ0) is 15.4. The summed E-state index contributed by atoms with van der Waals surface area (Å²) in [5.41, 5.74) is 1.87. The maximum absolute atomic E-state index is 11.3. The molecule has 1 fully saturated rings. The molecule has 1 saturated heterocycles. The smallest absolute Gasteiger partial charge is 0.356 e. The summed E-state index contributed by atoms with van der Waals surface area (Å²) in [5, 5.41) is 11.6. The highest BCUT2D eigenvalue weighted by molar-refractivity contribution is 5.87. The molecule has 1 unspecified atom stereocenters. The van der Waals surface area contributed by atoms with Crippen molar-refractivity contribution in [3.63, 3.8) is 0 Å². The average molecular weight is 303 g/mol. The summed E-state index contributed by atoms with van der Waals surface area (Å²) in [6.07, 6.45) is 4.17. The Morgan fingerprint density at radius 2 is 2.45 bits per heavy atom. The van der Waals surface area contributed by atoms with E-state index >= 15 is 0 Å². The predicted molar refractivity (Wildman–Crippen MR) is 76.8 cm³/mol. The third kappa shape index (κ3) is 3.29. The van der Waals surface area contributed by atoms with Crippen molar-refractivity contribution in [1.82, 2.24) is 25.3 Å². The van der Waals surface area contributed by atoms with Crippen LogP contribution in [0.5, 0.6) is 0 Å². The number of nitrogens with zero attached hydrogens (tertiary/aromatic N) is 4. The Morgan fingerprint density at radius 3 is 3.14 bits per heavy atom. The number of nitrogens with one attached hydrogen (secondary N) is 1. The fourth-order valence-electron chi connectivity index (χ4n) is 2.27. The molecule has 0 bridgehead atoms. The van der Waals surface area contributed by atoms with E-state index in [1.165, 1.54) is 7.11 Å². The Bertz CT molecular complexity index is 634. The third-order valence-corrected chi connectivity index (χ3v) is 3.40. The molecule has 0 amide bonds. The molecule has 1 atom stereocenters. The van der Waals surface area contributed by atoms with Gasteiger partial charge in [-0.1, -0.05) is 5.21 Å². The molecule has 1 N–H and O–H groups in total. The van der Waals surface area contributed by atoms with Crippen LogP contribution in [0, 0.1) is 0 Å². The fraction of sp³-hybridized carbons (Fsp3) is 0.429. The first kappa shape index (κ1) is 14.6. The maximum atomic E-state index is 11.3. The van der Waals surface area contributed by atoms with E-state index in [1.54, 1.807) is 23.0 Å². The van der Waals surface area contributed by atoms with Gasteiger partial charge in [0, 0.05) is 19.0 Å². The molecule has 2 aromatic heterocycles. The van der Waals surface area contributed by atoms with Gasteiger partial charge < -0.3 is 14.8 Å². The van der Waals surface area contributed by atoms with Crippen molar-refractivity contribution >= 4 is 5.97 Å². The number of methoxy groups -OCH3 is 1. The van der Waals surface area contributed by atoms with E-state index in [1.807, 2.05) is 6.20 Å². The number of hydrogen-bond donors (Lipinski definition) is 1. The van der Waals surface area contributed by atoms with Gasteiger partial charge in [-0.05, 0) is 12.1 Å². The first-order valence-electron chi connectivity index (χ1n) is 7.03. The molecule has 8 heteroatoms. The van der Waals surface area contributed by atoms with E-state index in [9.17, 15) is 4.79 Å². The second kappa shape index (κ2) is 6.63. The molecule has 3 rings (SSSR count). The van der Waals surface area contributed by atoms with Crippen molar-refractivity contribution in [1.29, 1.82) is 0 Å². The molecular weight excluding hydrogens is 286 g/mol. The molecule has 1 aliphatic heterocycles. The van der Waals surface area contributed by atoms with Crippen LogP contribution in [-0.2, 0) is 15.9 Å². The standard InChI is InChI=1S/C14H17N5O3/c1-21-14(20)13-3-2-12(7-16-13)19-8-10(17-18-19)6-11-9-22-5-4-15-11/h2-3,7-8,11,15H,4-6,9H2,1H3. The van der Waals surface area contributed by atoms with Gasteiger partial charge in [-0.25, -0.2) is 14.5 Å². The summed E-state index contributed by atoms with van der Waals surface area (Å²) in [5.74, 6) is -0.464. The summed E-state index contributed by atoms with van der Waals surface area (Å²) < 4.78 is 11.7. The molecule has 8 nitrogen and oxygen atoms in total. The molecule has 0 saturated carbocycles. The Balaban J connectivity index is 1.68. The van der Waals surface area contributed by atoms with Crippen LogP contribution in [0.3, 0.4) is 0 Å². The van der Waals surface area contributed by atoms with Crippen LogP contribution in [0.15, 0.2) is 24.5 Å². The quantitative estimate of drug-likeness (QED) is 0.794. The van der Waals surface area contributed by atoms with Gasteiger partial charge in [0.15, 0.2) is 0 Å². The number of aromatic nitrogens is 4. The van der Waals surface area contributed by atoms with Gasteiger partial charge in [-0.3, -0.25) is 0 Å². The monoisotopic (exact) mass is 303 g/mol. The number of carbonyl (C=O) groups excluding carboxylic acids is 1. The first-order valence-corrected chi connectivity index (χ1v) is 7.03. The lowest BCUT2D eigenvalue weighted by Crippen LogP contribution is -2.42. The molecule has 0 spiro atoms. The van der Waals surface area contributed by atoms with E-state index in [0.29, 0.717) is 6.61 Å². The van der Waals surface area contributed by atoms with Gasteiger partial charge in [-0.15, -0.1) is 5.10 Å². The SMILES string of the molecule is COC(=O)c1ccc(-n2cc(CC3COCCN3)nn2)cn1. The molecule has 116 valence electrons. The second-order valence-corrected chi connectivity index (χ2v) is 4.98. The van der Waals surface area contributed by atoms with Crippen molar-refractivity contribution in [3.8, 4) is 5.69 Å². The lowest BCUT2D eigenvalue weighted by molar-refractivity contribution is 0.0594. The van der Waals surface area contributed by atoms with Crippen molar-refractivity contribution in [2.45, 2.75) is 12.5 Å². The van der Waals surface area contributed by atoms with E-state index in [0.717, 1.165) is 31.0 Å². The Morgan fingerprint density at radius 1 is 1.55 bits per heavy atom. The van der Waals surface area contributed by atoms with Gasteiger partial charge in [0.2, 0.25) is 0 Å². The minimum atomic E-state index is -0.464. The molecule has 2 aromatic rings. The Labute approximate surface area is 127 Å². The number of rotatable bonds is 4. The lowest BCUT2D eigenvalue weighted by Gasteiger charge is -2.22. The summed E-state index contributed by atoms with van der Waals surface area (Å²) >= 11 is 0. The lowest BCUT2D eigenvalue weighted by atomic mass is 10.1. The molecule has 0 aliphatic carbocycles. The average Bonchev–Trinajstić information content (AvgIpc) is 3.04. The summed E-state index contributed by atoms with van der Waals surface area (Å²) in [6, 6.07) is 3.61. The highest BCUT2D eigenvalue weighted by atomic mass is 16.5. The van der Waals surface area contributed by atoms with Gasteiger partial charge >= 0.3 is 5.97 Å². The topological polar surface area (TPSA) is 91.2 Å². The molecule has 1 aliphatic rings. The van der Waals surface area contributed by atoms with E-state index in [2.05, 4.69) is 25.3 Å². The number of carbonyl (C=O) groups is 1. The van der Waals surface area contributed by atoms with Gasteiger partial charge in [0.1, 0.15) is 5.69 Å².